The van der Waals surface area contributed by atoms with Crippen molar-refractivity contribution in [2.75, 3.05) is 7.05 Å². The average molecular weight is 243 g/mol. The fourth-order valence-corrected chi connectivity index (χ4v) is 2.26. The molecule has 1 nitrogen and oxygen atoms in total. The Morgan fingerprint density at radius 2 is 1.72 bits per heavy atom. The van der Waals surface area contributed by atoms with Crippen molar-refractivity contribution in [2.24, 2.45) is 0 Å². The van der Waals surface area contributed by atoms with Crippen molar-refractivity contribution < 1.29 is 4.39 Å². The van der Waals surface area contributed by atoms with Gasteiger partial charge in [0.1, 0.15) is 5.82 Å². The van der Waals surface area contributed by atoms with Gasteiger partial charge < -0.3 is 5.32 Å². The van der Waals surface area contributed by atoms with Crippen LogP contribution >= 0.6 is 0 Å². The molecule has 0 aliphatic rings. The second kappa shape index (κ2) is 5.32. The molecule has 0 aliphatic carbocycles. The fourth-order valence-electron chi connectivity index (χ4n) is 2.26. The van der Waals surface area contributed by atoms with Crippen LogP contribution in [0, 0.1) is 19.7 Å². The maximum atomic E-state index is 13.9. The van der Waals surface area contributed by atoms with Gasteiger partial charge in [0.05, 0.1) is 6.04 Å². The van der Waals surface area contributed by atoms with Gasteiger partial charge in [0, 0.05) is 5.56 Å². The van der Waals surface area contributed by atoms with Crippen LogP contribution in [0.5, 0.6) is 0 Å². The van der Waals surface area contributed by atoms with Crippen LogP contribution in [0.4, 0.5) is 4.39 Å². The van der Waals surface area contributed by atoms with Crippen LogP contribution in [0.25, 0.3) is 0 Å². The molecular weight excluding hydrogens is 225 g/mol. The van der Waals surface area contributed by atoms with Crippen molar-refractivity contribution >= 4 is 0 Å². The fraction of sp³-hybridized carbons (Fsp3) is 0.250. The summed E-state index contributed by atoms with van der Waals surface area (Å²) in [5.41, 5.74) is 4.17. The largest absolute Gasteiger partial charge is 0.309 e. The van der Waals surface area contributed by atoms with E-state index >= 15 is 0 Å². The minimum atomic E-state index is -0.169. The third kappa shape index (κ3) is 2.44. The van der Waals surface area contributed by atoms with Gasteiger partial charge in [-0.3, -0.25) is 0 Å². The second-order valence-corrected chi connectivity index (χ2v) is 4.60. The molecule has 1 N–H and O–H groups in total. The Kier molecular flexibility index (Phi) is 3.78. The van der Waals surface area contributed by atoms with Gasteiger partial charge in [0.2, 0.25) is 0 Å². The lowest BCUT2D eigenvalue weighted by atomic mass is 9.93. The van der Waals surface area contributed by atoms with E-state index < -0.39 is 0 Å². The van der Waals surface area contributed by atoms with Crippen LogP contribution in [0.2, 0.25) is 0 Å². The standard InChI is InChI=1S/C16H18FN/c1-11-8-9-12(2)14(10-11)16(18-3)13-6-4-5-7-15(13)17/h4-10,16,18H,1-3H3. The average Bonchev–Trinajstić information content (AvgIpc) is 2.36. The zero-order chi connectivity index (χ0) is 13.1. The second-order valence-electron chi connectivity index (χ2n) is 4.60. The van der Waals surface area contributed by atoms with Gasteiger partial charge in [-0.25, -0.2) is 4.39 Å². The topological polar surface area (TPSA) is 12.0 Å². The third-order valence-electron chi connectivity index (χ3n) is 3.25. The molecule has 0 amide bonds. The van der Waals surface area contributed by atoms with Gasteiger partial charge in [0.25, 0.3) is 0 Å². The molecule has 2 aromatic rings. The van der Waals surface area contributed by atoms with Crippen molar-refractivity contribution in [3.8, 4) is 0 Å². The molecule has 0 saturated carbocycles. The molecule has 1 unspecified atom stereocenters. The van der Waals surface area contributed by atoms with Crippen molar-refractivity contribution in [1.29, 1.82) is 0 Å². The molecule has 18 heavy (non-hydrogen) atoms. The lowest BCUT2D eigenvalue weighted by Crippen LogP contribution is -2.20. The molecular formula is C16H18FN. The number of aryl methyl sites for hydroxylation is 2. The Morgan fingerprint density at radius 1 is 1.00 bits per heavy atom. The summed E-state index contributed by atoms with van der Waals surface area (Å²) >= 11 is 0. The van der Waals surface area contributed by atoms with E-state index in [0.29, 0.717) is 5.56 Å². The molecule has 0 bridgehead atoms. The highest BCUT2D eigenvalue weighted by atomic mass is 19.1. The highest BCUT2D eigenvalue weighted by Crippen LogP contribution is 2.27. The van der Waals surface area contributed by atoms with E-state index in [1.807, 2.05) is 19.2 Å². The van der Waals surface area contributed by atoms with E-state index in [2.05, 4.69) is 37.4 Å². The number of nitrogens with one attached hydrogen (secondary N) is 1. The van der Waals surface area contributed by atoms with E-state index in [0.717, 1.165) is 5.56 Å². The molecule has 0 aromatic heterocycles. The Labute approximate surface area is 108 Å². The van der Waals surface area contributed by atoms with Crippen LogP contribution in [0.15, 0.2) is 42.5 Å². The number of halogens is 1. The molecule has 0 saturated heterocycles. The first-order chi connectivity index (χ1) is 8.63. The molecule has 0 aliphatic heterocycles. The lowest BCUT2D eigenvalue weighted by Gasteiger charge is -2.20. The van der Waals surface area contributed by atoms with Crippen LogP contribution in [0.3, 0.4) is 0 Å². The molecule has 2 rings (SSSR count). The molecule has 2 aromatic carbocycles. The minimum absolute atomic E-state index is 0.105. The van der Waals surface area contributed by atoms with E-state index in [9.17, 15) is 4.39 Å². The third-order valence-corrected chi connectivity index (χ3v) is 3.25. The van der Waals surface area contributed by atoms with Crippen molar-refractivity contribution in [3.63, 3.8) is 0 Å². The summed E-state index contributed by atoms with van der Waals surface area (Å²) in [4.78, 5) is 0. The predicted molar refractivity (Wildman–Crippen MR) is 73.2 cm³/mol. The number of benzene rings is 2. The normalized spacial score (nSPS) is 12.4. The van der Waals surface area contributed by atoms with Gasteiger partial charge in [-0.05, 0) is 38.1 Å². The number of hydrogen-bond donors (Lipinski definition) is 1. The molecule has 2 heteroatoms. The molecule has 0 spiro atoms. The summed E-state index contributed by atoms with van der Waals surface area (Å²) in [6, 6.07) is 13.1. The van der Waals surface area contributed by atoms with Crippen molar-refractivity contribution in [1.82, 2.24) is 5.32 Å². The van der Waals surface area contributed by atoms with Gasteiger partial charge in [-0.2, -0.15) is 0 Å². The Morgan fingerprint density at radius 3 is 2.39 bits per heavy atom. The highest BCUT2D eigenvalue weighted by Gasteiger charge is 2.17. The van der Waals surface area contributed by atoms with Crippen LogP contribution in [0.1, 0.15) is 28.3 Å². The number of hydrogen-bond acceptors (Lipinski definition) is 1. The smallest absolute Gasteiger partial charge is 0.128 e. The summed E-state index contributed by atoms with van der Waals surface area (Å²) in [5.74, 6) is -0.169. The Balaban J connectivity index is 2.52. The molecule has 1 atom stereocenters. The highest BCUT2D eigenvalue weighted by molar-refractivity contribution is 5.39. The van der Waals surface area contributed by atoms with E-state index in [1.54, 1.807) is 6.07 Å². The van der Waals surface area contributed by atoms with Gasteiger partial charge in [0.15, 0.2) is 0 Å². The van der Waals surface area contributed by atoms with Crippen LogP contribution in [-0.4, -0.2) is 7.05 Å². The Bertz CT molecular complexity index is 549. The first-order valence-electron chi connectivity index (χ1n) is 6.12. The predicted octanol–water partition coefficient (Wildman–Crippen LogP) is 3.75. The maximum Gasteiger partial charge on any atom is 0.128 e. The monoisotopic (exact) mass is 243 g/mol. The first kappa shape index (κ1) is 12.8. The van der Waals surface area contributed by atoms with Gasteiger partial charge in [-0.15, -0.1) is 0 Å². The minimum Gasteiger partial charge on any atom is -0.309 e. The first-order valence-corrected chi connectivity index (χ1v) is 6.12. The Hall–Kier alpha value is -1.67. The lowest BCUT2D eigenvalue weighted by molar-refractivity contribution is 0.575. The zero-order valence-electron chi connectivity index (χ0n) is 11.0. The maximum absolute atomic E-state index is 13.9. The van der Waals surface area contributed by atoms with Gasteiger partial charge in [-0.1, -0.05) is 42.0 Å². The van der Waals surface area contributed by atoms with Crippen LogP contribution < -0.4 is 5.32 Å². The summed E-state index contributed by atoms with van der Waals surface area (Å²) < 4.78 is 13.9. The van der Waals surface area contributed by atoms with E-state index in [4.69, 9.17) is 0 Å². The van der Waals surface area contributed by atoms with Gasteiger partial charge >= 0.3 is 0 Å². The zero-order valence-corrected chi connectivity index (χ0v) is 11.0. The SMILES string of the molecule is CNC(c1cc(C)ccc1C)c1ccccc1F. The van der Waals surface area contributed by atoms with Crippen molar-refractivity contribution in [2.45, 2.75) is 19.9 Å². The van der Waals surface area contributed by atoms with Crippen LogP contribution in [-0.2, 0) is 0 Å². The summed E-state index contributed by atoms with van der Waals surface area (Å²) in [7, 11) is 1.86. The van der Waals surface area contributed by atoms with E-state index in [-0.39, 0.29) is 11.9 Å². The molecule has 94 valence electrons. The molecule has 0 fully saturated rings. The van der Waals surface area contributed by atoms with E-state index in [1.165, 1.54) is 17.2 Å². The summed E-state index contributed by atoms with van der Waals surface area (Å²) in [6.45, 7) is 4.11. The summed E-state index contributed by atoms with van der Waals surface area (Å²) in [5, 5.41) is 3.20. The summed E-state index contributed by atoms with van der Waals surface area (Å²) in [6.07, 6.45) is 0. The number of rotatable bonds is 3. The quantitative estimate of drug-likeness (QED) is 0.865. The molecule has 0 radical (unpaired) electrons. The molecule has 0 heterocycles. The van der Waals surface area contributed by atoms with Crippen molar-refractivity contribution in [3.05, 3.63) is 70.5 Å².